The maximum absolute atomic E-state index is 5.73. The molecule has 1 aromatic heterocycles. The molecule has 54 valence electrons. The Morgan fingerprint density at radius 1 is 1.20 bits per heavy atom. The summed E-state index contributed by atoms with van der Waals surface area (Å²) in [6.07, 6.45) is 1.58. The van der Waals surface area contributed by atoms with Crippen molar-refractivity contribution in [3.63, 3.8) is 0 Å². The molecule has 0 unspecified atom stereocenters. The Bertz CT molecular complexity index is 232. The largest absolute Gasteiger partial charge is 0.243 e. The lowest BCUT2D eigenvalue weighted by molar-refractivity contribution is 1.27. The number of hydrogen-bond donors (Lipinski definition) is 0. The van der Waals surface area contributed by atoms with Crippen molar-refractivity contribution in [1.82, 2.24) is 4.98 Å². The Hall–Kier alpha value is 0.0200. The first kappa shape index (κ1) is 8.12. The molecule has 1 rings (SSSR count). The van der Waals surface area contributed by atoms with Gasteiger partial charge in [0.25, 0.3) is 0 Å². The molecule has 0 N–H and O–H groups in total. The second-order valence-corrected chi connectivity index (χ2v) is 2.97. The molecule has 10 heavy (non-hydrogen) atoms. The van der Waals surface area contributed by atoms with E-state index in [2.05, 4.69) is 4.98 Å². The topological polar surface area (TPSA) is 12.9 Å². The SMILES string of the molecule is Cc1cnc(Cl)c(Cl)c1Cl. The molecule has 0 aliphatic carbocycles. The first-order valence-electron chi connectivity index (χ1n) is 2.59. The zero-order chi connectivity index (χ0) is 7.72. The van der Waals surface area contributed by atoms with Gasteiger partial charge < -0.3 is 0 Å². The maximum Gasteiger partial charge on any atom is 0.149 e. The molecule has 0 saturated heterocycles. The molecule has 0 saturated carbocycles. The van der Waals surface area contributed by atoms with Crippen LogP contribution in [-0.2, 0) is 0 Å². The van der Waals surface area contributed by atoms with Gasteiger partial charge in [0.1, 0.15) is 5.15 Å². The van der Waals surface area contributed by atoms with Crippen LogP contribution in [0.5, 0.6) is 0 Å². The van der Waals surface area contributed by atoms with Crippen LogP contribution in [0.4, 0.5) is 0 Å². The Kier molecular flexibility index (Phi) is 2.40. The molecule has 0 fully saturated rings. The average Bonchev–Trinajstić information content (AvgIpc) is 1.93. The summed E-state index contributed by atoms with van der Waals surface area (Å²) in [4.78, 5) is 3.79. The van der Waals surface area contributed by atoms with Crippen molar-refractivity contribution in [2.75, 3.05) is 0 Å². The summed E-state index contributed by atoms with van der Waals surface area (Å²) in [6, 6.07) is 0. The van der Waals surface area contributed by atoms with Gasteiger partial charge in [0.05, 0.1) is 10.0 Å². The Balaban J connectivity index is 3.34. The third-order valence-corrected chi connectivity index (χ3v) is 2.43. The number of pyridine rings is 1. The fraction of sp³-hybridized carbons (Fsp3) is 0.167. The summed E-state index contributed by atoms with van der Waals surface area (Å²) >= 11 is 16.9. The summed E-state index contributed by atoms with van der Waals surface area (Å²) < 4.78 is 0. The van der Waals surface area contributed by atoms with Gasteiger partial charge in [-0.25, -0.2) is 4.98 Å². The standard InChI is InChI=1S/C6H4Cl3N/c1-3-2-10-6(9)5(8)4(3)7/h2H,1H3. The van der Waals surface area contributed by atoms with E-state index < -0.39 is 0 Å². The van der Waals surface area contributed by atoms with Crippen molar-refractivity contribution in [2.24, 2.45) is 0 Å². The van der Waals surface area contributed by atoms with Crippen LogP contribution in [0.1, 0.15) is 5.56 Å². The summed E-state index contributed by atoms with van der Waals surface area (Å²) in [5.74, 6) is 0. The van der Waals surface area contributed by atoms with Crippen LogP contribution in [0.2, 0.25) is 15.2 Å². The van der Waals surface area contributed by atoms with E-state index in [-0.39, 0.29) is 5.15 Å². The number of halogens is 3. The normalized spacial score (nSPS) is 10.0. The molecule has 0 bridgehead atoms. The van der Waals surface area contributed by atoms with Gasteiger partial charge in [-0.05, 0) is 12.5 Å². The Morgan fingerprint density at radius 3 is 2.30 bits per heavy atom. The van der Waals surface area contributed by atoms with Gasteiger partial charge in [-0.15, -0.1) is 0 Å². The van der Waals surface area contributed by atoms with Crippen molar-refractivity contribution in [3.8, 4) is 0 Å². The number of nitrogens with zero attached hydrogens (tertiary/aromatic N) is 1. The summed E-state index contributed by atoms with van der Waals surface area (Å²) in [6.45, 7) is 1.82. The highest BCUT2D eigenvalue weighted by Crippen LogP contribution is 2.29. The molecular formula is C6H4Cl3N. The fourth-order valence-corrected chi connectivity index (χ4v) is 1.06. The first-order chi connectivity index (χ1) is 4.63. The van der Waals surface area contributed by atoms with Gasteiger partial charge in [0, 0.05) is 6.20 Å². The van der Waals surface area contributed by atoms with Gasteiger partial charge in [0.15, 0.2) is 0 Å². The van der Waals surface area contributed by atoms with Crippen molar-refractivity contribution in [3.05, 3.63) is 27.0 Å². The zero-order valence-electron chi connectivity index (χ0n) is 5.16. The molecule has 1 nitrogen and oxygen atoms in total. The second-order valence-electron chi connectivity index (χ2n) is 1.86. The van der Waals surface area contributed by atoms with Crippen molar-refractivity contribution >= 4 is 34.8 Å². The summed E-state index contributed by atoms with van der Waals surface area (Å²) in [7, 11) is 0. The van der Waals surface area contributed by atoms with Crippen molar-refractivity contribution < 1.29 is 0 Å². The highest BCUT2D eigenvalue weighted by Gasteiger charge is 2.05. The molecule has 0 aliphatic rings. The monoisotopic (exact) mass is 195 g/mol. The smallest absolute Gasteiger partial charge is 0.149 e. The van der Waals surface area contributed by atoms with E-state index in [1.54, 1.807) is 6.20 Å². The van der Waals surface area contributed by atoms with E-state index >= 15 is 0 Å². The van der Waals surface area contributed by atoms with Crippen LogP contribution in [0.25, 0.3) is 0 Å². The van der Waals surface area contributed by atoms with Crippen molar-refractivity contribution in [2.45, 2.75) is 6.92 Å². The molecule has 0 amide bonds. The minimum absolute atomic E-state index is 0.247. The van der Waals surface area contributed by atoms with Crippen LogP contribution in [-0.4, -0.2) is 4.98 Å². The van der Waals surface area contributed by atoms with Gasteiger partial charge in [-0.2, -0.15) is 0 Å². The van der Waals surface area contributed by atoms with E-state index in [9.17, 15) is 0 Å². The minimum Gasteiger partial charge on any atom is -0.243 e. The molecule has 4 heteroatoms. The molecule has 0 aliphatic heterocycles. The molecule has 0 aromatic carbocycles. The Labute approximate surface area is 73.9 Å². The molecular weight excluding hydrogens is 192 g/mol. The number of aromatic nitrogens is 1. The van der Waals surface area contributed by atoms with Crippen molar-refractivity contribution in [1.29, 1.82) is 0 Å². The number of rotatable bonds is 0. The van der Waals surface area contributed by atoms with Gasteiger partial charge in [0.2, 0.25) is 0 Å². The third-order valence-electron chi connectivity index (χ3n) is 1.09. The van der Waals surface area contributed by atoms with Gasteiger partial charge in [-0.3, -0.25) is 0 Å². The number of hydrogen-bond acceptors (Lipinski definition) is 1. The lowest BCUT2D eigenvalue weighted by Gasteiger charge is -1.99. The van der Waals surface area contributed by atoms with Gasteiger partial charge in [-0.1, -0.05) is 34.8 Å². The van der Waals surface area contributed by atoms with E-state index in [4.69, 9.17) is 34.8 Å². The van der Waals surface area contributed by atoms with Crippen LogP contribution in [0.15, 0.2) is 6.20 Å². The molecule has 1 aromatic rings. The quantitative estimate of drug-likeness (QED) is 0.580. The lowest BCUT2D eigenvalue weighted by Crippen LogP contribution is -1.81. The molecule has 1 heterocycles. The zero-order valence-corrected chi connectivity index (χ0v) is 7.43. The summed E-state index contributed by atoms with van der Waals surface area (Å²) in [5.41, 5.74) is 0.830. The van der Waals surface area contributed by atoms with Gasteiger partial charge >= 0.3 is 0 Å². The highest BCUT2D eigenvalue weighted by atomic mass is 35.5. The fourth-order valence-electron chi connectivity index (χ4n) is 0.531. The van der Waals surface area contributed by atoms with Crippen LogP contribution in [0, 0.1) is 6.92 Å². The first-order valence-corrected chi connectivity index (χ1v) is 3.72. The van der Waals surface area contributed by atoms with Crippen LogP contribution < -0.4 is 0 Å². The minimum atomic E-state index is 0.247. The second kappa shape index (κ2) is 2.95. The predicted octanol–water partition coefficient (Wildman–Crippen LogP) is 3.35. The van der Waals surface area contributed by atoms with Crippen LogP contribution >= 0.6 is 34.8 Å². The molecule has 0 spiro atoms. The predicted molar refractivity (Wildman–Crippen MR) is 44.0 cm³/mol. The lowest BCUT2D eigenvalue weighted by atomic mass is 10.3. The Morgan fingerprint density at radius 2 is 1.80 bits per heavy atom. The van der Waals surface area contributed by atoms with E-state index in [1.165, 1.54) is 0 Å². The number of aryl methyl sites for hydroxylation is 1. The van der Waals surface area contributed by atoms with E-state index in [0.717, 1.165) is 5.56 Å². The van der Waals surface area contributed by atoms with E-state index in [0.29, 0.717) is 10.0 Å². The summed E-state index contributed by atoms with van der Waals surface area (Å²) in [5, 5.41) is 1.04. The average molecular weight is 196 g/mol. The third kappa shape index (κ3) is 1.36. The van der Waals surface area contributed by atoms with Crippen LogP contribution in [0.3, 0.4) is 0 Å². The molecule has 0 radical (unpaired) electrons. The van der Waals surface area contributed by atoms with E-state index in [1.807, 2.05) is 6.92 Å². The maximum atomic E-state index is 5.73. The highest BCUT2D eigenvalue weighted by molar-refractivity contribution is 6.47. The molecule has 0 atom stereocenters.